The third-order valence-electron chi connectivity index (χ3n) is 3.03. The molecular weight excluding hydrogens is 214 g/mol. The number of hydrogen-bond donors (Lipinski definition) is 0. The van der Waals surface area contributed by atoms with E-state index in [9.17, 15) is 8.76 Å². The van der Waals surface area contributed by atoms with Crippen LogP contribution in [-0.4, -0.2) is 12.8 Å². The monoisotopic (exact) mass is 236 g/mol. The van der Waals surface area contributed by atoms with Crippen molar-refractivity contribution >= 4 is 7.68 Å². The first-order chi connectivity index (χ1) is 7.14. The summed E-state index contributed by atoms with van der Waals surface area (Å²) in [6.45, 7) is 2.15. The molecule has 0 aliphatic heterocycles. The van der Waals surface area contributed by atoms with Crippen LogP contribution < -0.4 is 0 Å². The number of hydrogen-bond acceptors (Lipinski definition) is 2. The van der Waals surface area contributed by atoms with Crippen molar-refractivity contribution in [1.82, 2.24) is 0 Å². The van der Waals surface area contributed by atoms with E-state index in [1.807, 2.05) is 6.92 Å². The molecule has 1 saturated carbocycles. The highest BCUT2D eigenvalue weighted by molar-refractivity contribution is 7.53. The second-order valence-corrected chi connectivity index (χ2v) is 6.33. The molecule has 15 heavy (non-hydrogen) atoms. The van der Waals surface area contributed by atoms with Crippen LogP contribution in [0.5, 0.6) is 0 Å². The Kier molecular flexibility index (Phi) is 5.84. The van der Waals surface area contributed by atoms with Gasteiger partial charge in [0.05, 0.1) is 12.8 Å². The topological polar surface area (TPSA) is 26.3 Å². The second-order valence-electron chi connectivity index (χ2n) is 4.44. The Morgan fingerprint density at radius 3 is 2.60 bits per heavy atom. The van der Waals surface area contributed by atoms with Crippen LogP contribution in [0.15, 0.2) is 0 Å². The highest BCUT2D eigenvalue weighted by Gasteiger charge is 2.21. The van der Waals surface area contributed by atoms with Gasteiger partial charge in [-0.25, -0.2) is 0 Å². The van der Waals surface area contributed by atoms with E-state index in [0.717, 1.165) is 6.42 Å². The first-order valence-electron chi connectivity index (χ1n) is 6.07. The predicted octanol–water partition coefficient (Wildman–Crippen LogP) is 4.55. The molecule has 2 nitrogen and oxygen atoms in total. The minimum atomic E-state index is -3.76. The normalized spacial score (nSPS) is 22.5. The lowest BCUT2D eigenvalue weighted by atomic mass is 9.87. The van der Waals surface area contributed by atoms with E-state index in [1.165, 1.54) is 32.1 Å². The highest BCUT2D eigenvalue weighted by atomic mass is 31.2. The molecular formula is C11H22FO2P. The molecule has 4 heteroatoms. The van der Waals surface area contributed by atoms with Crippen molar-refractivity contribution in [2.75, 3.05) is 12.8 Å². The Balaban J connectivity index is 2.11. The van der Waals surface area contributed by atoms with E-state index in [0.29, 0.717) is 18.9 Å². The summed E-state index contributed by atoms with van der Waals surface area (Å²) in [5.41, 5.74) is 0. The van der Waals surface area contributed by atoms with Gasteiger partial charge in [0.2, 0.25) is 0 Å². The lowest BCUT2D eigenvalue weighted by Gasteiger charge is -2.21. The Hall–Kier alpha value is 0.120. The predicted molar refractivity (Wildman–Crippen MR) is 61.0 cm³/mol. The largest absolute Gasteiger partial charge is 0.367 e. The summed E-state index contributed by atoms with van der Waals surface area (Å²) in [4.78, 5) is 0. The van der Waals surface area contributed by atoms with Gasteiger partial charge in [0.1, 0.15) is 0 Å². The zero-order valence-corrected chi connectivity index (χ0v) is 10.5. The smallest absolute Gasteiger partial charge is 0.306 e. The van der Waals surface area contributed by atoms with Crippen molar-refractivity contribution in [2.45, 2.75) is 51.9 Å². The lowest BCUT2D eigenvalue weighted by molar-refractivity contribution is 0.233. The van der Waals surface area contributed by atoms with Crippen LogP contribution in [0.25, 0.3) is 0 Å². The molecule has 0 aromatic rings. The molecule has 1 fully saturated rings. The van der Waals surface area contributed by atoms with Crippen molar-refractivity contribution < 1.29 is 13.3 Å². The van der Waals surface area contributed by atoms with Crippen LogP contribution in [0.1, 0.15) is 51.9 Å². The van der Waals surface area contributed by atoms with Crippen molar-refractivity contribution in [3.05, 3.63) is 0 Å². The van der Waals surface area contributed by atoms with Crippen LogP contribution >= 0.6 is 7.68 Å². The van der Waals surface area contributed by atoms with Crippen LogP contribution in [0.3, 0.4) is 0 Å². The molecule has 1 rings (SSSR count). The lowest BCUT2D eigenvalue weighted by Crippen LogP contribution is -2.08. The zero-order valence-electron chi connectivity index (χ0n) is 9.58. The molecule has 0 N–H and O–H groups in total. The van der Waals surface area contributed by atoms with E-state index in [2.05, 4.69) is 0 Å². The first kappa shape index (κ1) is 13.2. The van der Waals surface area contributed by atoms with Gasteiger partial charge in [0.25, 0.3) is 0 Å². The fourth-order valence-corrected chi connectivity index (χ4v) is 3.20. The quantitative estimate of drug-likeness (QED) is 0.632. The average molecular weight is 236 g/mol. The number of rotatable bonds is 6. The molecule has 0 aromatic heterocycles. The van der Waals surface area contributed by atoms with Gasteiger partial charge >= 0.3 is 7.68 Å². The fourth-order valence-electron chi connectivity index (χ4n) is 2.16. The summed E-state index contributed by atoms with van der Waals surface area (Å²) in [5.74, 6) is 0.667. The maximum Gasteiger partial charge on any atom is 0.367 e. The molecule has 0 amide bonds. The van der Waals surface area contributed by atoms with Gasteiger partial charge in [-0.15, -0.1) is 0 Å². The zero-order chi connectivity index (χ0) is 11.1. The molecule has 1 aliphatic rings. The molecule has 0 heterocycles. The summed E-state index contributed by atoms with van der Waals surface area (Å²) in [7, 11) is -3.76. The Morgan fingerprint density at radius 1 is 1.33 bits per heavy atom. The van der Waals surface area contributed by atoms with Crippen LogP contribution in [0, 0.1) is 5.92 Å². The molecule has 1 atom stereocenters. The Morgan fingerprint density at radius 2 is 2.00 bits per heavy atom. The average Bonchev–Trinajstić information content (AvgIpc) is 2.19. The first-order valence-corrected chi connectivity index (χ1v) is 7.77. The van der Waals surface area contributed by atoms with Gasteiger partial charge in [-0.3, -0.25) is 4.57 Å². The van der Waals surface area contributed by atoms with Crippen LogP contribution in [0.4, 0.5) is 4.20 Å². The molecule has 1 aliphatic carbocycles. The summed E-state index contributed by atoms with van der Waals surface area (Å²) in [6, 6.07) is 0. The van der Waals surface area contributed by atoms with Crippen LogP contribution in [0.2, 0.25) is 0 Å². The van der Waals surface area contributed by atoms with Crippen molar-refractivity contribution in [2.24, 2.45) is 5.92 Å². The minimum Gasteiger partial charge on any atom is -0.306 e. The Labute approximate surface area is 92.2 Å². The SMILES string of the molecule is CCCP(=O)(F)OCCC1CCCCC1. The molecule has 0 bridgehead atoms. The summed E-state index contributed by atoms with van der Waals surface area (Å²) >= 11 is 0. The molecule has 1 unspecified atom stereocenters. The van der Waals surface area contributed by atoms with Gasteiger partial charge in [0, 0.05) is 0 Å². The maximum atomic E-state index is 13.2. The molecule has 0 radical (unpaired) electrons. The van der Waals surface area contributed by atoms with E-state index in [1.54, 1.807) is 0 Å². The molecule has 0 aromatic carbocycles. The van der Waals surface area contributed by atoms with Gasteiger partial charge in [-0.05, 0) is 18.8 Å². The fraction of sp³-hybridized carbons (Fsp3) is 1.00. The summed E-state index contributed by atoms with van der Waals surface area (Å²) in [6.07, 6.45) is 7.88. The number of halogens is 1. The maximum absolute atomic E-state index is 13.2. The summed E-state index contributed by atoms with van der Waals surface area (Å²) in [5, 5.41) is 0. The molecule has 0 saturated heterocycles. The van der Waals surface area contributed by atoms with E-state index in [4.69, 9.17) is 4.52 Å². The highest BCUT2D eigenvalue weighted by Crippen LogP contribution is 2.49. The second kappa shape index (κ2) is 6.65. The summed E-state index contributed by atoms with van der Waals surface area (Å²) < 4.78 is 29.2. The minimum absolute atomic E-state index is 0.0671. The van der Waals surface area contributed by atoms with Gasteiger partial charge in [0.15, 0.2) is 0 Å². The third kappa shape index (κ3) is 5.67. The van der Waals surface area contributed by atoms with E-state index in [-0.39, 0.29) is 6.16 Å². The van der Waals surface area contributed by atoms with Gasteiger partial charge in [-0.1, -0.05) is 39.0 Å². The van der Waals surface area contributed by atoms with Crippen molar-refractivity contribution in [1.29, 1.82) is 0 Å². The Bertz CT molecular complexity index is 215. The van der Waals surface area contributed by atoms with Crippen LogP contribution in [-0.2, 0) is 9.09 Å². The van der Waals surface area contributed by atoms with Gasteiger partial charge in [-0.2, -0.15) is 4.20 Å². The molecule has 0 spiro atoms. The third-order valence-corrected chi connectivity index (χ3v) is 4.58. The van der Waals surface area contributed by atoms with Crippen molar-refractivity contribution in [3.63, 3.8) is 0 Å². The van der Waals surface area contributed by atoms with E-state index >= 15 is 0 Å². The van der Waals surface area contributed by atoms with Gasteiger partial charge < -0.3 is 4.52 Å². The molecule has 90 valence electrons. The van der Waals surface area contributed by atoms with Crippen molar-refractivity contribution in [3.8, 4) is 0 Å². The van der Waals surface area contributed by atoms with E-state index < -0.39 is 7.68 Å². The standard InChI is InChI=1S/C11H22FO2P/c1-2-10-15(12,13)14-9-8-11-6-4-3-5-7-11/h11H,2-10H2,1H3.